The molecular formula is C18H18N2O2. The molecule has 4 heteroatoms. The number of para-hydroxylation sites is 1. The predicted octanol–water partition coefficient (Wildman–Crippen LogP) is 3.86. The number of carbonyl (C=O) groups is 1. The van der Waals surface area contributed by atoms with Gasteiger partial charge < -0.3 is 4.74 Å². The van der Waals surface area contributed by atoms with E-state index in [4.69, 9.17) is 4.74 Å². The highest BCUT2D eigenvalue weighted by molar-refractivity contribution is 6.13. The highest BCUT2D eigenvalue weighted by Gasteiger charge is 2.38. The molecule has 4 rings (SSSR count). The number of carbonyl (C=O) groups excluding carboxylic acids is 1. The SMILES string of the molecule is COc1cc2c3c(c1)C(C)CN3C(=O)N(C)c1ccccc1-2. The zero-order valence-corrected chi connectivity index (χ0v) is 13.0. The Balaban J connectivity index is 2.10. The summed E-state index contributed by atoms with van der Waals surface area (Å²) in [5, 5.41) is 0. The van der Waals surface area contributed by atoms with Gasteiger partial charge in [0, 0.05) is 30.6 Å². The third kappa shape index (κ3) is 1.61. The van der Waals surface area contributed by atoms with Crippen LogP contribution in [0, 0.1) is 0 Å². The van der Waals surface area contributed by atoms with E-state index in [2.05, 4.69) is 19.1 Å². The Morgan fingerprint density at radius 3 is 2.73 bits per heavy atom. The lowest BCUT2D eigenvalue weighted by Crippen LogP contribution is -2.39. The Morgan fingerprint density at radius 2 is 1.95 bits per heavy atom. The average molecular weight is 294 g/mol. The molecule has 0 aromatic heterocycles. The number of nitrogens with zero attached hydrogens (tertiary/aromatic N) is 2. The van der Waals surface area contributed by atoms with Gasteiger partial charge in [0.2, 0.25) is 0 Å². The van der Waals surface area contributed by atoms with Gasteiger partial charge in [0.1, 0.15) is 5.75 Å². The molecule has 0 bridgehead atoms. The van der Waals surface area contributed by atoms with E-state index < -0.39 is 0 Å². The van der Waals surface area contributed by atoms with Gasteiger partial charge in [0.15, 0.2) is 0 Å². The van der Waals surface area contributed by atoms with E-state index >= 15 is 0 Å². The standard InChI is InChI=1S/C18H18N2O2/c1-11-10-20-17-14(11)8-12(22-3)9-15(17)13-6-4-5-7-16(13)19(2)18(20)21/h4-9,11H,10H2,1-3H3. The molecule has 112 valence electrons. The summed E-state index contributed by atoms with van der Waals surface area (Å²) in [6, 6.07) is 12.2. The molecular weight excluding hydrogens is 276 g/mol. The first kappa shape index (κ1) is 13.2. The molecule has 2 aliphatic rings. The van der Waals surface area contributed by atoms with Crippen LogP contribution in [0.1, 0.15) is 18.4 Å². The minimum absolute atomic E-state index is 0.0296. The molecule has 2 aromatic carbocycles. The van der Waals surface area contributed by atoms with Gasteiger partial charge in [-0.1, -0.05) is 25.1 Å². The summed E-state index contributed by atoms with van der Waals surface area (Å²) in [6.45, 7) is 2.87. The van der Waals surface area contributed by atoms with Crippen molar-refractivity contribution < 1.29 is 9.53 Å². The number of hydrogen-bond acceptors (Lipinski definition) is 2. The fourth-order valence-electron chi connectivity index (χ4n) is 3.54. The van der Waals surface area contributed by atoms with Crippen LogP contribution in [0.4, 0.5) is 16.2 Å². The van der Waals surface area contributed by atoms with Crippen molar-refractivity contribution in [2.75, 3.05) is 30.5 Å². The monoisotopic (exact) mass is 294 g/mol. The fourth-order valence-corrected chi connectivity index (χ4v) is 3.54. The molecule has 0 radical (unpaired) electrons. The van der Waals surface area contributed by atoms with E-state index in [0.29, 0.717) is 12.5 Å². The van der Waals surface area contributed by atoms with Gasteiger partial charge in [0.25, 0.3) is 0 Å². The van der Waals surface area contributed by atoms with Crippen molar-refractivity contribution in [3.63, 3.8) is 0 Å². The van der Waals surface area contributed by atoms with Crippen LogP contribution in [0.3, 0.4) is 0 Å². The number of methoxy groups -OCH3 is 1. The predicted molar refractivity (Wildman–Crippen MR) is 88.0 cm³/mol. The molecule has 1 atom stereocenters. The molecule has 1 unspecified atom stereocenters. The van der Waals surface area contributed by atoms with Gasteiger partial charge in [0.05, 0.1) is 18.5 Å². The summed E-state index contributed by atoms with van der Waals surface area (Å²) >= 11 is 0. The van der Waals surface area contributed by atoms with E-state index in [0.717, 1.165) is 28.3 Å². The zero-order valence-electron chi connectivity index (χ0n) is 13.0. The third-order valence-corrected chi connectivity index (χ3v) is 4.68. The number of amides is 2. The van der Waals surface area contributed by atoms with Gasteiger partial charge in [-0.05, 0) is 23.8 Å². The summed E-state index contributed by atoms with van der Waals surface area (Å²) in [5.74, 6) is 1.15. The smallest absolute Gasteiger partial charge is 0.328 e. The Hall–Kier alpha value is -2.49. The molecule has 0 spiro atoms. The molecule has 22 heavy (non-hydrogen) atoms. The molecule has 2 amide bonds. The van der Waals surface area contributed by atoms with Crippen LogP contribution < -0.4 is 14.5 Å². The second-order valence-electron chi connectivity index (χ2n) is 5.98. The van der Waals surface area contributed by atoms with Gasteiger partial charge in [-0.25, -0.2) is 4.79 Å². The van der Waals surface area contributed by atoms with Gasteiger partial charge >= 0.3 is 6.03 Å². The van der Waals surface area contributed by atoms with Crippen LogP contribution in [0.5, 0.6) is 5.75 Å². The van der Waals surface area contributed by atoms with E-state index in [1.807, 2.05) is 36.2 Å². The summed E-state index contributed by atoms with van der Waals surface area (Å²) in [7, 11) is 3.53. The van der Waals surface area contributed by atoms with Crippen LogP contribution in [0.15, 0.2) is 36.4 Å². The largest absolute Gasteiger partial charge is 0.497 e. The van der Waals surface area contributed by atoms with Crippen LogP contribution in [0.25, 0.3) is 11.1 Å². The van der Waals surface area contributed by atoms with Crippen LogP contribution in [-0.2, 0) is 0 Å². The summed E-state index contributed by atoms with van der Waals surface area (Å²) in [5.41, 5.74) is 5.31. The van der Waals surface area contributed by atoms with Gasteiger partial charge in [-0.2, -0.15) is 0 Å². The number of benzene rings is 2. The minimum atomic E-state index is 0.0296. The van der Waals surface area contributed by atoms with E-state index in [1.165, 1.54) is 5.56 Å². The lowest BCUT2D eigenvalue weighted by Gasteiger charge is -2.23. The quantitative estimate of drug-likeness (QED) is 0.800. The van der Waals surface area contributed by atoms with E-state index in [9.17, 15) is 4.79 Å². The first-order chi connectivity index (χ1) is 10.6. The normalized spacial score (nSPS) is 18.9. The first-order valence-electron chi connectivity index (χ1n) is 7.48. The molecule has 2 aliphatic heterocycles. The molecule has 0 fully saturated rings. The maximum Gasteiger partial charge on any atom is 0.328 e. The fraction of sp³-hybridized carbons (Fsp3) is 0.278. The summed E-state index contributed by atoms with van der Waals surface area (Å²) < 4.78 is 5.48. The molecule has 2 heterocycles. The van der Waals surface area contributed by atoms with Gasteiger partial charge in [-0.15, -0.1) is 0 Å². The number of hydrogen-bond donors (Lipinski definition) is 0. The topological polar surface area (TPSA) is 32.8 Å². The van der Waals surface area contributed by atoms with E-state index in [1.54, 1.807) is 12.0 Å². The van der Waals surface area contributed by atoms with Crippen molar-refractivity contribution in [1.29, 1.82) is 0 Å². The molecule has 4 nitrogen and oxygen atoms in total. The Labute approximate surface area is 129 Å². The maximum atomic E-state index is 12.9. The summed E-state index contributed by atoms with van der Waals surface area (Å²) in [4.78, 5) is 16.5. The van der Waals surface area contributed by atoms with Gasteiger partial charge in [-0.3, -0.25) is 9.80 Å². The second-order valence-corrected chi connectivity index (χ2v) is 5.98. The van der Waals surface area contributed by atoms with Crippen LogP contribution in [-0.4, -0.2) is 26.7 Å². The van der Waals surface area contributed by atoms with Crippen molar-refractivity contribution in [2.45, 2.75) is 12.8 Å². The highest BCUT2D eigenvalue weighted by atomic mass is 16.5. The molecule has 0 saturated carbocycles. The maximum absolute atomic E-state index is 12.9. The number of rotatable bonds is 1. The summed E-state index contributed by atoms with van der Waals surface area (Å²) in [6.07, 6.45) is 0. The van der Waals surface area contributed by atoms with Crippen molar-refractivity contribution in [1.82, 2.24) is 0 Å². The number of urea groups is 1. The van der Waals surface area contributed by atoms with Crippen LogP contribution in [0.2, 0.25) is 0 Å². The molecule has 2 aromatic rings. The molecule has 0 saturated heterocycles. The van der Waals surface area contributed by atoms with Crippen molar-refractivity contribution in [2.24, 2.45) is 0 Å². The second kappa shape index (κ2) is 4.50. The Morgan fingerprint density at radius 1 is 1.18 bits per heavy atom. The van der Waals surface area contributed by atoms with E-state index in [-0.39, 0.29) is 6.03 Å². The Kier molecular flexibility index (Phi) is 2.70. The minimum Gasteiger partial charge on any atom is -0.497 e. The number of anilines is 2. The van der Waals surface area contributed by atoms with Crippen molar-refractivity contribution in [3.05, 3.63) is 42.0 Å². The lowest BCUT2D eigenvalue weighted by molar-refractivity contribution is 0.253. The zero-order chi connectivity index (χ0) is 15.4. The Bertz CT molecular complexity index is 785. The lowest BCUT2D eigenvalue weighted by atomic mass is 9.95. The molecule has 0 N–H and O–H groups in total. The number of fused-ring (bicyclic) bond motifs is 2. The van der Waals surface area contributed by atoms with Crippen molar-refractivity contribution >= 4 is 17.4 Å². The molecule has 0 aliphatic carbocycles. The third-order valence-electron chi connectivity index (χ3n) is 4.68. The van der Waals surface area contributed by atoms with Crippen LogP contribution >= 0.6 is 0 Å². The average Bonchev–Trinajstić information content (AvgIpc) is 2.85. The highest BCUT2D eigenvalue weighted by Crippen LogP contribution is 2.49. The first-order valence-corrected chi connectivity index (χ1v) is 7.48. The number of ether oxygens (including phenoxy) is 1. The van der Waals surface area contributed by atoms with Crippen molar-refractivity contribution in [3.8, 4) is 16.9 Å².